The van der Waals surface area contributed by atoms with Gasteiger partial charge in [0.15, 0.2) is 5.16 Å². The lowest BCUT2D eigenvalue weighted by molar-refractivity contribution is -0.304. The zero-order valence-corrected chi connectivity index (χ0v) is 11.2. The topological polar surface area (TPSA) is 58.0 Å². The number of aliphatic carboxylic acids is 1. The largest absolute Gasteiger partial charge is 0.549 e. The van der Waals surface area contributed by atoms with E-state index in [4.69, 9.17) is 0 Å². The number of carboxylic acids is 1. The summed E-state index contributed by atoms with van der Waals surface area (Å²) in [7, 11) is 0. The summed E-state index contributed by atoms with van der Waals surface area (Å²) in [6.45, 7) is 4.64. The Balaban J connectivity index is 2.41. The smallest absolute Gasteiger partial charge is 0.169 e. The zero-order valence-electron chi connectivity index (χ0n) is 10.4. The molecule has 1 aromatic carbocycles. The highest BCUT2D eigenvalue weighted by atomic mass is 32.2. The number of benzene rings is 1. The third-order valence-electron chi connectivity index (χ3n) is 2.82. The van der Waals surface area contributed by atoms with Crippen LogP contribution in [-0.2, 0) is 11.3 Å². The van der Waals surface area contributed by atoms with Crippen LogP contribution in [-0.4, -0.2) is 20.8 Å². The van der Waals surface area contributed by atoms with E-state index in [1.165, 1.54) is 11.8 Å². The summed E-state index contributed by atoms with van der Waals surface area (Å²) in [6, 6.07) is 7.82. The van der Waals surface area contributed by atoms with E-state index in [1.54, 1.807) is 0 Å². The number of fused-ring (bicyclic) bond motifs is 1. The number of carbonyl (C=O) groups excluding carboxylic acids is 1. The van der Waals surface area contributed by atoms with Gasteiger partial charge in [-0.1, -0.05) is 30.8 Å². The van der Waals surface area contributed by atoms with Gasteiger partial charge in [-0.2, -0.15) is 0 Å². The normalized spacial score (nSPS) is 12.8. The lowest BCUT2D eigenvalue weighted by atomic mass is 10.3. The molecule has 2 rings (SSSR count). The van der Waals surface area contributed by atoms with E-state index in [9.17, 15) is 9.90 Å². The molecule has 0 aliphatic rings. The summed E-state index contributed by atoms with van der Waals surface area (Å²) >= 11 is 1.26. The van der Waals surface area contributed by atoms with Gasteiger partial charge in [0.05, 0.1) is 22.3 Å². The Kier molecular flexibility index (Phi) is 3.91. The molecule has 18 heavy (non-hydrogen) atoms. The summed E-state index contributed by atoms with van der Waals surface area (Å²) in [5.74, 6) is -1.03. The van der Waals surface area contributed by atoms with Gasteiger partial charge in [-0.25, -0.2) is 4.98 Å². The van der Waals surface area contributed by atoms with Gasteiger partial charge < -0.3 is 14.5 Å². The van der Waals surface area contributed by atoms with Gasteiger partial charge in [0.2, 0.25) is 0 Å². The maximum Gasteiger partial charge on any atom is 0.169 e. The number of aromatic nitrogens is 2. The van der Waals surface area contributed by atoms with Crippen molar-refractivity contribution in [3.63, 3.8) is 0 Å². The second-order valence-corrected chi connectivity index (χ2v) is 5.13. The van der Waals surface area contributed by atoms with Gasteiger partial charge in [-0.15, -0.1) is 0 Å². The SMILES string of the molecule is CCC(Sc1nc2ccccc2n1CC)C(=O)[O-]. The van der Waals surface area contributed by atoms with Crippen LogP contribution in [0.15, 0.2) is 29.4 Å². The maximum atomic E-state index is 11.0. The third kappa shape index (κ3) is 2.36. The minimum absolute atomic E-state index is 0.528. The first-order valence-corrected chi connectivity index (χ1v) is 6.88. The zero-order chi connectivity index (χ0) is 13.1. The molecular formula is C13H15N2O2S-. The second-order valence-electron chi connectivity index (χ2n) is 3.96. The Morgan fingerprint density at radius 3 is 2.78 bits per heavy atom. The van der Waals surface area contributed by atoms with Crippen LogP contribution in [0, 0.1) is 0 Å². The first-order chi connectivity index (χ1) is 8.67. The number of hydrogen-bond donors (Lipinski definition) is 0. The molecule has 2 aromatic rings. The monoisotopic (exact) mass is 263 g/mol. The Labute approximate surface area is 110 Å². The molecule has 96 valence electrons. The Morgan fingerprint density at radius 1 is 1.44 bits per heavy atom. The minimum Gasteiger partial charge on any atom is -0.549 e. The number of carbonyl (C=O) groups is 1. The van der Waals surface area contributed by atoms with Crippen molar-refractivity contribution in [2.75, 3.05) is 0 Å². The van der Waals surface area contributed by atoms with E-state index in [0.717, 1.165) is 22.7 Å². The average Bonchev–Trinajstić information content (AvgIpc) is 2.72. The third-order valence-corrected chi connectivity index (χ3v) is 4.15. The molecule has 1 aromatic heterocycles. The van der Waals surface area contributed by atoms with Crippen molar-refractivity contribution >= 4 is 28.8 Å². The molecule has 0 aliphatic heterocycles. The summed E-state index contributed by atoms with van der Waals surface area (Å²) in [6.07, 6.45) is 0.528. The number of thioether (sulfide) groups is 1. The molecule has 0 bridgehead atoms. The van der Waals surface area contributed by atoms with Gasteiger partial charge in [-0.05, 0) is 25.5 Å². The van der Waals surface area contributed by atoms with Crippen LogP contribution in [0.1, 0.15) is 20.3 Å². The predicted molar refractivity (Wildman–Crippen MR) is 70.4 cm³/mol. The molecule has 0 radical (unpaired) electrons. The molecule has 1 heterocycles. The first-order valence-electron chi connectivity index (χ1n) is 6.00. The summed E-state index contributed by atoms with van der Waals surface area (Å²) in [5.41, 5.74) is 1.94. The lowest BCUT2D eigenvalue weighted by Crippen LogP contribution is -2.33. The summed E-state index contributed by atoms with van der Waals surface area (Å²) < 4.78 is 2.03. The van der Waals surface area contributed by atoms with Crippen molar-refractivity contribution in [2.45, 2.75) is 37.2 Å². The molecule has 0 saturated heterocycles. The van der Waals surface area contributed by atoms with Crippen molar-refractivity contribution in [3.8, 4) is 0 Å². The highest BCUT2D eigenvalue weighted by molar-refractivity contribution is 8.00. The lowest BCUT2D eigenvalue weighted by Gasteiger charge is -2.15. The number of hydrogen-bond acceptors (Lipinski definition) is 4. The Bertz CT molecular complexity index is 565. The van der Waals surface area contributed by atoms with E-state index >= 15 is 0 Å². The molecule has 0 spiro atoms. The van der Waals surface area contributed by atoms with E-state index in [2.05, 4.69) is 4.98 Å². The van der Waals surface area contributed by atoms with Gasteiger partial charge in [0.25, 0.3) is 0 Å². The highest BCUT2D eigenvalue weighted by Crippen LogP contribution is 2.28. The fourth-order valence-corrected chi connectivity index (χ4v) is 2.90. The molecule has 0 amide bonds. The maximum absolute atomic E-state index is 11.0. The number of carboxylic acid groups (broad SMARTS) is 1. The molecule has 0 fully saturated rings. The number of rotatable bonds is 5. The van der Waals surface area contributed by atoms with Crippen molar-refractivity contribution < 1.29 is 9.90 Å². The van der Waals surface area contributed by atoms with E-state index in [1.807, 2.05) is 42.7 Å². The standard InChI is InChI=1S/C13H16N2O2S/c1-3-11(12(16)17)18-13-14-9-7-5-6-8-10(9)15(13)4-2/h5-8,11H,3-4H2,1-2H3,(H,16,17)/p-1. The van der Waals surface area contributed by atoms with Crippen molar-refractivity contribution in [1.29, 1.82) is 0 Å². The van der Waals surface area contributed by atoms with Crippen LogP contribution in [0.2, 0.25) is 0 Å². The van der Waals surface area contributed by atoms with E-state index < -0.39 is 11.2 Å². The van der Waals surface area contributed by atoms with Crippen molar-refractivity contribution in [1.82, 2.24) is 9.55 Å². The molecule has 1 unspecified atom stereocenters. The van der Waals surface area contributed by atoms with Gasteiger partial charge >= 0.3 is 0 Å². The fraction of sp³-hybridized carbons (Fsp3) is 0.385. The molecular weight excluding hydrogens is 248 g/mol. The summed E-state index contributed by atoms with van der Waals surface area (Å²) in [5, 5.41) is 11.2. The second kappa shape index (κ2) is 5.44. The van der Waals surface area contributed by atoms with Crippen LogP contribution >= 0.6 is 11.8 Å². The van der Waals surface area contributed by atoms with Crippen LogP contribution < -0.4 is 5.11 Å². The molecule has 1 atom stereocenters. The molecule has 0 aliphatic carbocycles. The van der Waals surface area contributed by atoms with Gasteiger partial charge in [-0.3, -0.25) is 0 Å². The van der Waals surface area contributed by atoms with E-state index in [-0.39, 0.29) is 0 Å². The Hall–Kier alpha value is -1.49. The van der Waals surface area contributed by atoms with Crippen molar-refractivity contribution in [3.05, 3.63) is 24.3 Å². The molecule has 0 N–H and O–H groups in total. The number of imidazole rings is 1. The quantitative estimate of drug-likeness (QED) is 0.770. The number of nitrogens with zero attached hydrogens (tertiary/aromatic N) is 2. The van der Waals surface area contributed by atoms with Crippen LogP contribution in [0.5, 0.6) is 0 Å². The first kappa shape index (κ1) is 13.0. The minimum atomic E-state index is -1.03. The Morgan fingerprint density at radius 2 is 2.17 bits per heavy atom. The summed E-state index contributed by atoms with van der Waals surface area (Å²) in [4.78, 5) is 15.5. The average molecular weight is 263 g/mol. The molecule has 4 nitrogen and oxygen atoms in total. The van der Waals surface area contributed by atoms with Gasteiger partial charge in [0, 0.05) is 6.54 Å². The van der Waals surface area contributed by atoms with Crippen LogP contribution in [0.3, 0.4) is 0 Å². The van der Waals surface area contributed by atoms with Crippen LogP contribution in [0.25, 0.3) is 11.0 Å². The number of para-hydroxylation sites is 2. The fourth-order valence-electron chi connectivity index (χ4n) is 1.87. The number of aryl methyl sites for hydroxylation is 1. The molecule has 5 heteroatoms. The predicted octanol–water partition coefficient (Wildman–Crippen LogP) is 1.68. The van der Waals surface area contributed by atoms with Gasteiger partial charge in [0.1, 0.15) is 0 Å². The van der Waals surface area contributed by atoms with Crippen LogP contribution in [0.4, 0.5) is 0 Å². The van der Waals surface area contributed by atoms with Crippen molar-refractivity contribution in [2.24, 2.45) is 0 Å². The highest BCUT2D eigenvalue weighted by Gasteiger charge is 2.15. The van der Waals surface area contributed by atoms with E-state index in [0.29, 0.717) is 6.42 Å². The molecule has 0 saturated carbocycles.